The Morgan fingerprint density at radius 3 is 2.31 bits per heavy atom. The molecule has 29 heavy (non-hydrogen) atoms. The standard InChI is InChI=1S/C21H17N3O5/c1-22-21(26)18(23-20(25)15-5-3-2-4-6-15)13-17-11-12-19(29-17)14-7-9-16(10-8-14)24(27)28/h2-13H,1H3,(H,22,26)(H,23,25). The number of nitro benzene ring substituents is 1. The maximum atomic E-state index is 12.4. The molecular formula is C21H17N3O5. The predicted octanol–water partition coefficient (Wildman–Crippen LogP) is 3.37. The van der Waals surface area contributed by atoms with E-state index in [0.717, 1.165) is 0 Å². The highest BCUT2D eigenvalue weighted by atomic mass is 16.6. The van der Waals surface area contributed by atoms with Gasteiger partial charge in [-0.1, -0.05) is 18.2 Å². The highest BCUT2D eigenvalue weighted by molar-refractivity contribution is 6.05. The summed E-state index contributed by atoms with van der Waals surface area (Å²) in [5, 5.41) is 15.8. The number of non-ortho nitro benzene ring substituents is 1. The van der Waals surface area contributed by atoms with Gasteiger partial charge in [0.1, 0.15) is 17.2 Å². The molecule has 0 bridgehead atoms. The number of nitro groups is 1. The highest BCUT2D eigenvalue weighted by Crippen LogP contribution is 2.25. The first-order valence-electron chi connectivity index (χ1n) is 8.63. The van der Waals surface area contributed by atoms with Crippen LogP contribution in [0, 0.1) is 10.1 Å². The minimum absolute atomic E-state index is 0.0194. The van der Waals surface area contributed by atoms with Crippen LogP contribution < -0.4 is 10.6 Å². The molecule has 146 valence electrons. The predicted molar refractivity (Wildman–Crippen MR) is 107 cm³/mol. The fourth-order valence-electron chi connectivity index (χ4n) is 2.55. The van der Waals surface area contributed by atoms with E-state index in [-0.39, 0.29) is 11.4 Å². The maximum absolute atomic E-state index is 12.4. The topological polar surface area (TPSA) is 114 Å². The van der Waals surface area contributed by atoms with E-state index >= 15 is 0 Å². The molecule has 0 saturated carbocycles. The van der Waals surface area contributed by atoms with Crippen LogP contribution in [0.25, 0.3) is 17.4 Å². The third-order valence-electron chi connectivity index (χ3n) is 4.03. The van der Waals surface area contributed by atoms with Crippen molar-refractivity contribution in [1.82, 2.24) is 10.6 Å². The number of furan rings is 1. The summed E-state index contributed by atoms with van der Waals surface area (Å²) in [5.74, 6) is -0.104. The number of amides is 2. The minimum Gasteiger partial charge on any atom is -0.457 e. The summed E-state index contributed by atoms with van der Waals surface area (Å²) in [4.78, 5) is 34.8. The highest BCUT2D eigenvalue weighted by Gasteiger charge is 2.15. The van der Waals surface area contributed by atoms with Crippen molar-refractivity contribution in [2.45, 2.75) is 0 Å². The molecular weight excluding hydrogens is 374 g/mol. The number of nitrogens with one attached hydrogen (secondary N) is 2. The molecule has 3 aromatic rings. The zero-order chi connectivity index (χ0) is 20.8. The van der Waals surface area contributed by atoms with Crippen LogP contribution in [0.15, 0.2) is 76.8 Å². The van der Waals surface area contributed by atoms with Gasteiger partial charge in [0.2, 0.25) is 0 Å². The van der Waals surface area contributed by atoms with E-state index in [1.165, 1.54) is 25.3 Å². The monoisotopic (exact) mass is 391 g/mol. The number of rotatable bonds is 6. The number of benzene rings is 2. The normalized spacial score (nSPS) is 11.0. The SMILES string of the molecule is CNC(=O)C(=Cc1ccc(-c2ccc([N+](=O)[O-])cc2)o1)NC(=O)c1ccccc1. The second-order valence-electron chi connectivity index (χ2n) is 5.96. The van der Waals surface area contributed by atoms with Crippen molar-refractivity contribution in [1.29, 1.82) is 0 Å². The van der Waals surface area contributed by atoms with Crippen LogP contribution in [0.3, 0.4) is 0 Å². The number of hydrogen-bond donors (Lipinski definition) is 2. The molecule has 8 heteroatoms. The van der Waals surface area contributed by atoms with Gasteiger partial charge in [0.05, 0.1) is 4.92 Å². The second-order valence-corrected chi connectivity index (χ2v) is 5.96. The van der Waals surface area contributed by atoms with Gasteiger partial charge in [-0.25, -0.2) is 0 Å². The lowest BCUT2D eigenvalue weighted by Gasteiger charge is -2.08. The van der Waals surface area contributed by atoms with Crippen LogP contribution in [0.1, 0.15) is 16.1 Å². The fourth-order valence-corrected chi connectivity index (χ4v) is 2.55. The van der Waals surface area contributed by atoms with Crippen molar-refractivity contribution in [2.24, 2.45) is 0 Å². The van der Waals surface area contributed by atoms with Crippen molar-refractivity contribution in [3.63, 3.8) is 0 Å². The van der Waals surface area contributed by atoms with Gasteiger partial charge in [-0.3, -0.25) is 19.7 Å². The van der Waals surface area contributed by atoms with E-state index in [1.807, 2.05) is 0 Å². The Kier molecular flexibility index (Phi) is 5.84. The van der Waals surface area contributed by atoms with Crippen molar-refractivity contribution in [3.05, 3.63) is 93.9 Å². The third-order valence-corrected chi connectivity index (χ3v) is 4.03. The molecule has 0 spiro atoms. The van der Waals surface area contributed by atoms with Gasteiger partial charge in [0, 0.05) is 36.4 Å². The fraction of sp³-hybridized carbons (Fsp3) is 0.0476. The van der Waals surface area contributed by atoms with Gasteiger partial charge in [0.25, 0.3) is 17.5 Å². The van der Waals surface area contributed by atoms with Crippen LogP contribution >= 0.6 is 0 Å². The Hall–Kier alpha value is -4.20. The summed E-state index contributed by atoms with van der Waals surface area (Å²) >= 11 is 0. The first-order valence-corrected chi connectivity index (χ1v) is 8.63. The molecule has 0 aliphatic rings. The average molecular weight is 391 g/mol. The van der Waals surface area contributed by atoms with Crippen LogP contribution in [0.4, 0.5) is 5.69 Å². The van der Waals surface area contributed by atoms with Crippen molar-refractivity contribution in [2.75, 3.05) is 7.05 Å². The molecule has 2 aromatic carbocycles. The van der Waals surface area contributed by atoms with Crippen LogP contribution in [-0.2, 0) is 4.79 Å². The summed E-state index contributed by atoms with van der Waals surface area (Å²) in [6, 6.07) is 17.7. The smallest absolute Gasteiger partial charge is 0.269 e. The molecule has 0 unspecified atom stereocenters. The van der Waals surface area contributed by atoms with Gasteiger partial charge in [-0.2, -0.15) is 0 Å². The molecule has 0 aliphatic heterocycles. The van der Waals surface area contributed by atoms with Crippen LogP contribution in [0.2, 0.25) is 0 Å². The molecule has 2 N–H and O–H groups in total. The van der Waals surface area contributed by atoms with E-state index in [0.29, 0.717) is 22.6 Å². The third kappa shape index (κ3) is 4.75. The first-order chi connectivity index (χ1) is 14.0. The Balaban J connectivity index is 1.84. The summed E-state index contributed by atoms with van der Waals surface area (Å²) in [5.41, 5.74) is 1.05. The first kappa shape index (κ1) is 19.6. The minimum atomic E-state index is -0.484. The van der Waals surface area contributed by atoms with Gasteiger partial charge >= 0.3 is 0 Å². The Morgan fingerprint density at radius 2 is 1.69 bits per heavy atom. The average Bonchev–Trinajstić information content (AvgIpc) is 3.22. The van der Waals surface area contributed by atoms with Crippen molar-refractivity contribution < 1.29 is 18.9 Å². The molecule has 0 radical (unpaired) electrons. The number of hydrogen-bond acceptors (Lipinski definition) is 5. The lowest BCUT2D eigenvalue weighted by Crippen LogP contribution is -2.33. The zero-order valence-corrected chi connectivity index (χ0v) is 15.4. The molecule has 3 rings (SSSR count). The Morgan fingerprint density at radius 1 is 1.00 bits per heavy atom. The summed E-state index contributed by atoms with van der Waals surface area (Å²) < 4.78 is 5.70. The van der Waals surface area contributed by atoms with E-state index in [2.05, 4.69) is 10.6 Å². The molecule has 1 aromatic heterocycles. The Bertz CT molecular complexity index is 1070. The maximum Gasteiger partial charge on any atom is 0.269 e. The largest absolute Gasteiger partial charge is 0.457 e. The summed E-state index contributed by atoms with van der Waals surface area (Å²) in [7, 11) is 1.45. The number of likely N-dealkylation sites (N-methyl/N-ethyl adjacent to an activating group) is 1. The molecule has 2 amide bonds. The van der Waals surface area contributed by atoms with Crippen molar-refractivity contribution in [3.8, 4) is 11.3 Å². The Labute approximate surface area is 166 Å². The quantitative estimate of drug-likeness (QED) is 0.380. The van der Waals surface area contributed by atoms with Crippen molar-refractivity contribution >= 4 is 23.6 Å². The number of carbonyl (C=O) groups excluding carboxylic acids is 2. The van der Waals surface area contributed by atoms with Crippen LogP contribution in [-0.4, -0.2) is 23.8 Å². The van der Waals surface area contributed by atoms with Gasteiger partial charge < -0.3 is 15.1 Å². The molecule has 8 nitrogen and oxygen atoms in total. The molecule has 1 heterocycles. The van der Waals surface area contributed by atoms with E-state index in [1.54, 1.807) is 54.6 Å². The van der Waals surface area contributed by atoms with E-state index in [4.69, 9.17) is 4.42 Å². The second kappa shape index (κ2) is 8.66. The zero-order valence-electron chi connectivity index (χ0n) is 15.4. The van der Waals surface area contributed by atoms with Gasteiger partial charge in [0.15, 0.2) is 0 Å². The lowest BCUT2D eigenvalue weighted by atomic mass is 10.1. The van der Waals surface area contributed by atoms with Gasteiger partial charge in [-0.15, -0.1) is 0 Å². The van der Waals surface area contributed by atoms with E-state index < -0.39 is 16.7 Å². The van der Waals surface area contributed by atoms with Gasteiger partial charge in [-0.05, 0) is 36.4 Å². The number of carbonyl (C=O) groups is 2. The number of nitrogens with zero attached hydrogens (tertiary/aromatic N) is 1. The van der Waals surface area contributed by atoms with E-state index in [9.17, 15) is 19.7 Å². The summed E-state index contributed by atoms with van der Waals surface area (Å²) in [6.45, 7) is 0. The molecule has 0 saturated heterocycles. The summed E-state index contributed by atoms with van der Waals surface area (Å²) in [6.07, 6.45) is 1.41. The molecule has 0 fully saturated rings. The molecule has 0 atom stereocenters. The lowest BCUT2D eigenvalue weighted by molar-refractivity contribution is -0.384. The van der Waals surface area contributed by atoms with Crippen LogP contribution in [0.5, 0.6) is 0 Å². The molecule has 0 aliphatic carbocycles.